The molecule has 2 aromatic rings. The monoisotopic (exact) mass is 487 g/mol. The van der Waals surface area contributed by atoms with Crippen LogP contribution in [0.1, 0.15) is 46.9 Å². The van der Waals surface area contributed by atoms with E-state index in [2.05, 4.69) is 38.4 Å². The Morgan fingerprint density at radius 2 is 1.81 bits per heavy atom. The summed E-state index contributed by atoms with van der Waals surface area (Å²) in [5, 5.41) is 5.89. The molecule has 0 radical (unpaired) electrons. The van der Waals surface area contributed by atoms with Gasteiger partial charge in [-0.25, -0.2) is 0 Å². The zero-order valence-corrected chi connectivity index (χ0v) is 19.7. The van der Waals surface area contributed by atoms with Crippen LogP contribution in [0, 0.1) is 5.92 Å². The Balaban J connectivity index is 1.80. The van der Waals surface area contributed by atoms with Crippen LogP contribution >= 0.6 is 15.9 Å². The average molecular weight is 488 g/mol. The van der Waals surface area contributed by atoms with Crippen LogP contribution in [0.5, 0.6) is 0 Å². The van der Waals surface area contributed by atoms with Gasteiger partial charge in [0.25, 0.3) is 11.8 Å². The summed E-state index contributed by atoms with van der Waals surface area (Å²) in [6.07, 6.45) is 2.96. The second-order valence-electron chi connectivity index (χ2n) is 7.96. The van der Waals surface area contributed by atoms with Crippen LogP contribution in [0.15, 0.2) is 46.9 Å². The number of rotatable bonds is 8. The lowest BCUT2D eigenvalue weighted by atomic mass is 9.97. The first-order chi connectivity index (χ1) is 15.0. The molecule has 1 fully saturated rings. The van der Waals surface area contributed by atoms with Crippen LogP contribution < -0.4 is 15.5 Å². The van der Waals surface area contributed by atoms with Crippen molar-refractivity contribution >= 4 is 39.1 Å². The summed E-state index contributed by atoms with van der Waals surface area (Å²) < 4.78 is 5.97. The molecule has 0 spiro atoms. The minimum absolute atomic E-state index is 0.135. The quantitative estimate of drug-likeness (QED) is 0.529. The molecule has 0 bridgehead atoms. The molecule has 0 aromatic heterocycles. The lowest BCUT2D eigenvalue weighted by molar-refractivity contribution is 0.0947. The van der Waals surface area contributed by atoms with Crippen molar-refractivity contribution in [2.75, 3.05) is 43.6 Å². The SMILES string of the molecule is COCCCNC(=O)c1cc(NC(=O)c2ccc(Br)cc2)ccc1N1CCC(C)CC1. The van der Waals surface area contributed by atoms with E-state index in [4.69, 9.17) is 4.74 Å². The summed E-state index contributed by atoms with van der Waals surface area (Å²) in [6.45, 7) is 5.26. The standard InChI is InChI=1S/C24H30BrN3O3/c1-17-10-13-28(14-11-17)22-9-8-20(16-21(22)24(30)26-12-3-15-31-2)27-23(29)18-4-6-19(25)7-5-18/h4-9,16-17H,3,10-15H2,1-2H3,(H,26,30)(H,27,29). The number of ether oxygens (including phenoxy) is 1. The van der Waals surface area contributed by atoms with Crippen molar-refractivity contribution in [3.05, 3.63) is 58.1 Å². The number of hydrogen-bond donors (Lipinski definition) is 2. The largest absolute Gasteiger partial charge is 0.385 e. The van der Waals surface area contributed by atoms with Crippen LogP contribution in [-0.2, 0) is 4.74 Å². The smallest absolute Gasteiger partial charge is 0.255 e. The average Bonchev–Trinajstić information content (AvgIpc) is 2.77. The third-order valence-electron chi connectivity index (χ3n) is 5.54. The third-order valence-corrected chi connectivity index (χ3v) is 6.07. The summed E-state index contributed by atoms with van der Waals surface area (Å²) in [4.78, 5) is 27.9. The molecule has 1 saturated heterocycles. The van der Waals surface area contributed by atoms with Crippen molar-refractivity contribution in [3.63, 3.8) is 0 Å². The molecule has 2 aromatic carbocycles. The van der Waals surface area contributed by atoms with Crippen molar-refractivity contribution < 1.29 is 14.3 Å². The Hall–Kier alpha value is -2.38. The van der Waals surface area contributed by atoms with Crippen LogP contribution in [0.3, 0.4) is 0 Å². The minimum atomic E-state index is -0.210. The van der Waals surface area contributed by atoms with Gasteiger partial charge in [-0.15, -0.1) is 0 Å². The molecule has 166 valence electrons. The van der Waals surface area contributed by atoms with Gasteiger partial charge in [-0.3, -0.25) is 9.59 Å². The number of piperidine rings is 1. The maximum absolute atomic E-state index is 13.0. The van der Waals surface area contributed by atoms with Gasteiger partial charge in [-0.05, 0) is 67.6 Å². The highest BCUT2D eigenvalue weighted by Gasteiger charge is 2.22. The summed E-state index contributed by atoms with van der Waals surface area (Å²) in [5.41, 5.74) is 2.66. The molecule has 2 amide bonds. The number of nitrogens with zero attached hydrogens (tertiary/aromatic N) is 1. The molecule has 3 rings (SSSR count). The van der Waals surface area contributed by atoms with Gasteiger partial charge < -0.3 is 20.3 Å². The fourth-order valence-corrected chi connectivity index (χ4v) is 3.90. The first-order valence-electron chi connectivity index (χ1n) is 10.7. The van der Waals surface area contributed by atoms with E-state index >= 15 is 0 Å². The number of hydrogen-bond acceptors (Lipinski definition) is 4. The van der Waals surface area contributed by atoms with Crippen molar-refractivity contribution in [3.8, 4) is 0 Å². The van der Waals surface area contributed by atoms with Gasteiger partial charge in [0.1, 0.15) is 0 Å². The van der Waals surface area contributed by atoms with Crippen molar-refractivity contribution in [1.82, 2.24) is 5.32 Å². The highest BCUT2D eigenvalue weighted by atomic mass is 79.9. The molecule has 0 unspecified atom stereocenters. The normalized spacial score (nSPS) is 14.4. The van der Waals surface area contributed by atoms with E-state index in [1.807, 2.05) is 24.3 Å². The number of carbonyl (C=O) groups is 2. The van der Waals surface area contributed by atoms with Crippen LogP contribution in [-0.4, -0.2) is 45.2 Å². The number of amides is 2. The van der Waals surface area contributed by atoms with E-state index in [0.29, 0.717) is 35.9 Å². The van der Waals surface area contributed by atoms with E-state index in [0.717, 1.165) is 42.5 Å². The number of anilines is 2. The number of halogens is 1. The molecule has 0 aliphatic carbocycles. The number of carbonyl (C=O) groups excluding carboxylic acids is 2. The summed E-state index contributed by atoms with van der Waals surface area (Å²) in [6, 6.07) is 12.7. The Morgan fingerprint density at radius 3 is 2.48 bits per heavy atom. The summed E-state index contributed by atoms with van der Waals surface area (Å²) in [7, 11) is 1.65. The highest BCUT2D eigenvalue weighted by Crippen LogP contribution is 2.29. The second kappa shape index (κ2) is 11.3. The molecule has 0 atom stereocenters. The number of benzene rings is 2. The van der Waals surface area contributed by atoms with Crippen molar-refractivity contribution in [2.45, 2.75) is 26.2 Å². The van der Waals surface area contributed by atoms with Gasteiger partial charge in [0, 0.05) is 54.8 Å². The van der Waals surface area contributed by atoms with Crippen LogP contribution in [0.2, 0.25) is 0 Å². The Morgan fingerprint density at radius 1 is 1.10 bits per heavy atom. The molecule has 31 heavy (non-hydrogen) atoms. The van der Waals surface area contributed by atoms with Gasteiger partial charge in [0.15, 0.2) is 0 Å². The predicted octanol–water partition coefficient (Wildman–Crippen LogP) is 4.70. The zero-order chi connectivity index (χ0) is 22.2. The third kappa shape index (κ3) is 6.55. The lowest BCUT2D eigenvalue weighted by Crippen LogP contribution is -2.35. The molecule has 0 saturated carbocycles. The van der Waals surface area contributed by atoms with Crippen LogP contribution in [0.4, 0.5) is 11.4 Å². The summed E-state index contributed by atoms with van der Waals surface area (Å²) in [5.74, 6) is 0.356. The van der Waals surface area contributed by atoms with Crippen LogP contribution in [0.25, 0.3) is 0 Å². The molecule has 1 aliphatic rings. The Labute approximate surface area is 192 Å². The van der Waals surface area contributed by atoms with Crippen molar-refractivity contribution in [2.24, 2.45) is 5.92 Å². The topological polar surface area (TPSA) is 70.7 Å². The molecular weight excluding hydrogens is 458 g/mol. The fraction of sp³-hybridized carbons (Fsp3) is 0.417. The van der Waals surface area contributed by atoms with Crippen molar-refractivity contribution in [1.29, 1.82) is 0 Å². The zero-order valence-electron chi connectivity index (χ0n) is 18.1. The number of nitrogens with one attached hydrogen (secondary N) is 2. The number of methoxy groups -OCH3 is 1. The lowest BCUT2D eigenvalue weighted by Gasteiger charge is -2.33. The first kappa shape index (κ1) is 23.3. The second-order valence-corrected chi connectivity index (χ2v) is 8.88. The van der Waals surface area contributed by atoms with E-state index in [1.165, 1.54) is 0 Å². The minimum Gasteiger partial charge on any atom is -0.385 e. The Bertz CT molecular complexity index is 893. The van der Waals surface area contributed by atoms with Gasteiger partial charge in [-0.1, -0.05) is 22.9 Å². The summed E-state index contributed by atoms with van der Waals surface area (Å²) >= 11 is 3.38. The van der Waals surface area contributed by atoms with E-state index in [1.54, 1.807) is 25.3 Å². The molecule has 2 N–H and O–H groups in total. The van der Waals surface area contributed by atoms with E-state index in [9.17, 15) is 9.59 Å². The maximum Gasteiger partial charge on any atom is 0.255 e. The van der Waals surface area contributed by atoms with Gasteiger partial charge in [-0.2, -0.15) is 0 Å². The maximum atomic E-state index is 13.0. The van der Waals surface area contributed by atoms with Gasteiger partial charge in [0.2, 0.25) is 0 Å². The Kier molecular flexibility index (Phi) is 8.49. The highest BCUT2D eigenvalue weighted by molar-refractivity contribution is 9.10. The van der Waals surface area contributed by atoms with E-state index in [-0.39, 0.29) is 11.8 Å². The first-order valence-corrected chi connectivity index (χ1v) is 11.5. The van der Waals surface area contributed by atoms with Gasteiger partial charge in [0.05, 0.1) is 5.56 Å². The molecule has 6 nitrogen and oxygen atoms in total. The van der Waals surface area contributed by atoms with Gasteiger partial charge >= 0.3 is 0 Å². The molecule has 7 heteroatoms. The van der Waals surface area contributed by atoms with E-state index < -0.39 is 0 Å². The molecule has 1 aliphatic heterocycles. The predicted molar refractivity (Wildman–Crippen MR) is 128 cm³/mol. The fourth-order valence-electron chi connectivity index (χ4n) is 3.64. The molecule has 1 heterocycles. The molecular formula is C24H30BrN3O3.